The van der Waals surface area contributed by atoms with Crippen LogP contribution in [0.3, 0.4) is 0 Å². The lowest BCUT2D eigenvalue weighted by atomic mass is 10.1. The molecule has 0 spiro atoms. The fourth-order valence-electron chi connectivity index (χ4n) is 3.95. The highest BCUT2D eigenvalue weighted by Gasteiger charge is 2.34. The fraction of sp³-hybridized carbons (Fsp3) is 0.286. The fourth-order valence-corrected chi connectivity index (χ4v) is 5.40. The van der Waals surface area contributed by atoms with Crippen LogP contribution in [-0.2, 0) is 26.2 Å². The van der Waals surface area contributed by atoms with Gasteiger partial charge >= 0.3 is 0 Å². The van der Waals surface area contributed by atoms with E-state index in [1.807, 2.05) is 37.3 Å². The Morgan fingerprint density at radius 3 is 2.08 bits per heavy atom. The summed E-state index contributed by atoms with van der Waals surface area (Å²) in [4.78, 5) is 28.1. The SMILES string of the molecule is CCCNC(=O)C(CC)N(Cc1ccccc1)C(=O)CN(c1ccccc1F)S(=O)(=O)c1ccccc1. The van der Waals surface area contributed by atoms with Gasteiger partial charge in [0.2, 0.25) is 11.8 Å². The van der Waals surface area contributed by atoms with Crippen LogP contribution in [-0.4, -0.2) is 44.3 Å². The van der Waals surface area contributed by atoms with E-state index in [1.54, 1.807) is 25.1 Å². The van der Waals surface area contributed by atoms with E-state index in [9.17, 15) is 22.4 Å². The van der Waals surface area contributed by atoms with E-state index in [0.717, 1.165) is 22.4 Å². The van der Waals surface area contributed by atoms with E-state index in [2.05, 4.69) is 5.32 Å². The van der Waals surface area contributed by atoms with Gasteiger partial charge in [-0.15, -0.1) is 0 Å². The number of nitrogens with zero attached hydrogens (tertiary/aromatic N) is 2. The molecule has 1 unspecified atom stereocenters. The van der Waals surface area contributed by atoms with E-state index >= 15 is 0 Å². The van der Waals surface area contributed by atoms with Crippen molar-refractivity contribution in [2.24, 2.45) is 0 Å². The molecule has 1 N–H and O–H groups in total. The van der Waals surface area contributed by atoms with Crippen molar-refractivity contribution in [3.05, 3.63) is 96.3 Å². The summed E-state index contributed by atoms with van der Waals surface area (Å²) in [7, 11) is -4.30. The molecule has 3 aromatic carbocycles. The van der Waals surface area contributed by atoms with Crippen molar-refractivity contribution < 1.29 is 22.4 Å². The molecule has 0 heterocycles. The highest BCUT2D eigenvalue weighted by molar-refractivity contribution is 7.92. The smallest absolute Gasteiger partial charge is 0.264 e. The van der Waals surface area contributed by atoms with Gasteiger partial charge < -0.3 is 10.2 Å². The van der Waals surface area contributed by atoms with Crippen molar-refractivity contribution in [2.45, 2.75) is 44.2 Å². The van der Waals surface area contributed by atoms with Crippen molar-refractivity contribution in [2.75, 3.05) is 17.4 Å². The van der Waals surface area contributed by atoms with Gasteiger partial charge in [0, 0.05) is 13.1 Å². The van der Waals surface area contributed by atoms with Gasteiger partial charge in [0.1, 0.15) is 18.4 Å². The van der Waals surface area contributed by atoms with Crippen LogP contribution in [0.1, 0.15) is 32.3 Å². The maximum atomic E-state index is 14.9. The highest BCUT2D eigenvalue weighted by atomic mass is 32.2. The van der Waals surface area contributed by atoms with Crippen LogP contribution in [0.15, 0.2) is 89.8 Å². The number of hydrogen-bond acceptors (Lipinski definition) is 4. The molecule has 7 nitrogen and oxygen atoms in total. The molecule has 196 valence electrons. The second-order valence-corrected chi connectivity index (χ2v) is 10.4. The van der Waals surface area contributed by atoms with Gasteiger partial charge in [-0.1, -0.05) is 74.5 Å². The maximum absolute atomic E-state index is 14.9. The summed E-state index contributed by atoms with van der Waals surface area (Å²) >= 11 is 0. The standard InChI is InChI=1S/C28H32FN3O4S/c1-3-19-30-28(34)25(4-2)31(20-22-13-7-5-8-14-22)27(33)21-32(26-18-12-11-17-24(26)29)37(35,36)23-15-9-6-10-16-23/h5-18,25H,3-4,19-21H2,1-2H3,(H,30,34). The summed E-state index contributed by atoms with van der Waals surface area (Å²) in [6.07, 6.45) is 1.05. The third-order valence-electron chi connectivity index (χ3n) is 5.86. The Morgan fingerprint density at radius 1 is 0.892 bits per heavy atom. The van der Waals surface area contributed by atoms with Crippen molar-refractivity contribution in [3.63, 3.8) is 0 Å². The number of carbonyl (C=O) groups is 2. The van der Waals surface area contributed by atoms with Gasteiger partial charge in [0.25, 0.3) is 10.0 Å². The minimum absolute atomic E-state index is 0.0756. The Labute approximate surface area is 218 Å². The number of amides is 2. The lowest BCUT2D eigenvalue weighted by Gasteiger charge is -2.33. The summed E-state index contributed by atoms with van der Waals surface area (Å²) in [5.74, 6) is -1.72. The lowest BCUT2D eigenvalue weighted by molar-refractivity contribution is -0.140. The second-order valence-electron chi connectivity index (χ2n) is 8.50. The average Bonchev–Trinajstić information content (AvgIpc) is 2.91. The van der Waals surface area contributed by atoms with Crippen LogP contribution < -0.4 is 9.62 Å². The minimum Gasteiger partial charge on any atom is -0.354 e. The number of anilines is 1. The third-order valence-corrected chi connectivity index (χ3v) is 7.64. The zero-order valence-corrected chi connectivity index (χ0v) is 21.8. The van der Waals surface area contributed by atoms with Crippen LogP contribution in [0.2, 0.25) is 0 Å². The number of benzene rings is 3. The Hall–Kier alpha value is -3.72. The van der Waals surface area contributed by atoms with Crippen LogP contribution in [0.4, 0.5) is 10.1 Å². The average molecular weight is 526 g/mol. The Balaban J connectivity index is 2.04. The predicted molar refractivity (Wildman–Crippen MR) is 142 cm³/mol. The molecule has 0 aliphatic heterocycles. The Morgan fingerprint density at radius 2 is 1.49 bits per heavy atom. The van der Waals surface area contributed by atoms with Gasteiger partial charge in [-0.25, -0.2) is 12.8 Å². The van der Waals surface area contributed by atoms with E-state index in [-0.39, 0.29) is 23.0 Å². The first kappa shape index (κ1) is 27.9. The zero-order chi connectivity index (χ0) is 26.8. The molecule has 3 rings (SSSR count). The normalized spacial score (nSPS) is 12.0. The van der Waals surface area contributed by atoms with Crippen molar-refractivity contribution in [1.29, 1.82) is 0 Å². The molecular weight excluding hydrogens is 493 g/mol. The molecule has 0 aliphatic carbocycles. The number of hydrogen-bond donors (Lipinski definition) is 1. The topological polar surface area (TPSA) is 86.8 Å². The Kier molecular flexibility index (Phi) is 9.79. The van der Waals surface area contributed by atoms with Gasteiger partial charge in [-0.05, 0) is 42.7 Å². The summed E-state index contributed by atoms with van der Waals surface area (Å²) in [5.41, 5.74) is 0.531. The molecule has 0 bridgehead atoms. The largest absolute Gasteiger partial charge is 0.354 e. The molecule has 37 heavy (non-hydrogen) atoms. The summed E-state index contributed by atoms with van der Waals surface area (Å²) in [6, 6.07) is 21.3. The first-order chi connectivity index (χ1) is 17.8. The molecule has 3 aromatic rings. The number of carbonyl (C=O) groups excluding carboxylic acids is 2. The second kappa shape index (κ2) is 13.0. The summed E-state index contributed by atoms with van der Waals surface area (Å²) < 4.78 is 42.9. The number of para-hydroxylation sites is 1. The monoisotopic (exact) mass is 525 g/mol. The third kappa shape index (κ3) is 6.95. The van der Waals surface area contributed by atoms with Crippen LogP contribution >= 0.6 is 0 Å². The molecule has 2 amide bonds. The van der Waals surface area contributed by atoms with Crippen LogP contribution in [0.25, 0.3) is 0 Å². The zero-order valence-electron chi connectivity index (χ0n) is 21.0. The number of rotatable bonds is 12. The first-order valence-electron chi connectivity index (χ1n) is 12.2. The van der Waals surface area contributed by atoms with Gasteiger partial charge in [0.05, 0.1) is 10.6 Å². The van der Waals surface area contributed by atoms with Crippen molar-refractivity contribution in [1.82, 2.24) is 10.2 Å². The number of halogens is 1. The number of sulfonamides is 1. The first-order valence-corrected chi connectivity index (χ1v) is 13.7. The molecule has 1 atom stereocenters. The summed E-state index contributed by atoms with van der Waals surface area (Å²) in [5, 5.41) is 2.83. The van der Waals surface area contributed by atoms with Gasteiger partial charge in [-0.3, -0.25) is 13.9 Å². The summed E-state index contributed by atoms with van der Waals surface area (Å²) in [6.45, 7) is 3.58. The van der Waals surface area contributed by atoms with E-state index in [4.69, 9.17) is 0 Å². The predicted octanol–water partition coefficient (Wildman–Crippen LogP) is 4.35. The molecular formula is C28H32FN3O4S. The van der Waals surface area contributed by atoms with Crippen LogP contribution in [0, 0.1) is 5.82 Å². The molecule has 0 aliphatic rings. The van der Waals surface area contributed by atoms with Crippen molar-refractivity contribution >= 4 is 27.5 Å². The molecule has 0 saturated carbocycles. The van der Waals surface area contributed by atoms with E-state index in [0.29, 0.717) is 13.0 Å². The molecule has 9 heteroatoms. The van der Waals surface area contributed by atoms with E-state index in [1.165, 1.54) is 35.2 Å². The molecule has 0 radical (unpaired) electrons. The van der Waals surface area contributed by atoms with E-state index < -0.39 is 34.3 Å². The van der Waals surface area contributed by atoms with Gasteiger partial charge in [-0.2, -0.15) is 0 Å². The number of nitrogens with one attached hydrogen (secondary N) is 1. The van der Waals surface area contributed by atoms with Gasteiger partial charge in [0.15, 0.2) is 0 Å². The molecule has 0 saturated heterocycles. The minimum atomic E-state index is -4.30. The van der Waals surface area contributed by atoms with Crippen LogP contribution in [0.5, 0.6) is 0 Å². The maximum Gasteiger partial charge on any atom is 0.264 e. The highest BCUT2D eigenvalue weighted by Crippen LogP contribution is 2.27. The van der Waals surface area contributed by atoms with Crippen molar-refractivity contribution in [3.8, 4) is 0 Å². The molecule has 0 fully saturated rings. The molecule has 0 aromatic heterocycles. The quantitative estimate of drug-likeness (QED) is 0.381. The lowest BCUT2D eigenvalue weighted by Crippen LogP contribution is -2.52. The Bertz CT molecular complexity index is 1290.